The van der Waals surface area contributed by atoms with E-state index in [1.54, 1.807) is 36.7 Å². The Morgan fingerprint density at radius 3 is 2.19 bits per heavy atom. The number of benzene rings is 2. The molecule has 2 aromatic heterocycles. The van der Waals surface area contributed by atoms with Crippen molar-refractivity contribution in [3.05, 3.63) is 113 Å². The van der Waals surface area contributed by atoms with Gasteiger partial charge in [0.15, 0.2) is 0 Å². The van der Waals surface area contributed by atoms with Gasteiger partial charge < -0.3 is 15.4 Å². The number of aromatic nitrogens is 2. The van der Waals surface area contributed by atoms with Crippen LogP contribution in [-0.2, 0) is 17.6 Å². The Kier molecular flexibility index (Phi) is 8.45. The average molecular weight is 492 g/mol. The van der Waals surface area contributed by atoms with E-state index in [4.69, 9.17) is 10.00 Å². The second-order valence-corrected chi connectivity index (χ2v) is 8.49. The van der Waals surface area contributed by atoms with Crippen molar-refractivity contribution in [1.29, 1.82) is 5.26 Å². The summed E-state index contributed by atoms with van der Waals surface area (Å²) in [6.07, 6.45) is 8.65. The number of ether oxygens (including phenoxy) is 1. The highest BCUT2D eigenvalue weighted by Gasteiger charge is 2.19. The number of aryl methyl sites for hydroxylation is 1. The topological polar surface area (TPSA) is 99.9 Å². The van der Waals surface area contributed by atoms with E-state index in [2.05, 4.69) is 39.7 Å². The van der Waals surface area contributed by atoms with E-state index in [0.29, 0.717) is 17.7 Å². The van der Waals surface area contributed by atoms with Gasteiger partial charge in [-0.1, -0.05) is 26.0 Å². The summed E-state index contributed by atoms with van der Waals surface area (Å²) >= 11 is 0. The van der Waals surface area contributed by atoms with Crippen LogP contribution in [0.2, 0.25) is 0 Å². The average Bonchev–Trinajstić information content (AvgIpc) is 2.95. The van der Waals surface area contributed by atoms with Crippen LogP contribution in [0.15, 0.2) is 85.5 Å². The molecule has 0 amide bonds. The van der Waals surface area contributed by atoms with Crippen LogP contribution in [0, 0.1) is 11.3 Å². The minimum atomic E-state index is -0.394. The summed E-state index contributed by atoms with van der Waals surface area (Å²) in [6, 6.07) is 20.8. The molecule has 2 N–H and O–H groups in total. The molecule has 2 aromatic carbocycles. The first kappa shape index (κ1) is 25.4. The molecule has 0 aliphatic heterocycles. The molecule has 186 valence electrons. The van der Waals surface area contributed by atoms with Crippen molar-refractivity contribution in [1.82, 2.24) is 9.97 Å². The number of carbonyl (C=O) groups is 1. The van der Waals surface area contributed by atoms with Crippen LogP contribution in [0.1, 0.15) is 47.7 Å². The highest BCUT2D eigenvalue weighted by Crippen LogP contribution is 2.34. The zero-order valence-electron chi connectivity index (χ0n) is 20.9. The predicted molar refractivity (Wildman–Crippen MR) is 144 cm³/mol. The van der Waals surface area contributed by atoms with Gasteiger partial charge in [0.2, 0.25) is 0 Å². The number of carbonyl (C=O) groups excluding carboxylic acids is 1. The van der Waals surface area contributed by atoms with E-state index in [1.165, 1.54) is 0 Å². The second-order valence-electron chi connectivity index (χ2n) is 8.49. The molecule has 0 fully saturated rings. The van der Waals surface area contributed by atoms with Crippen LogP contribution in [0.5, 0.6) is 5.75 Å². The van der Waals surface area contributed by atoms with Gasteiger partial charge >= 0.3 is 5.97 Å². The minimum absolute atomic E-state index is 0.00215. The summed E-state index contributed by atoms with van der Waals surface area (Å²) in [6.45, 7) is 4.12. The van der Waals surface area contributed by atoms with E-state index >= 15 is 0 Å². The molecule has 0 saturated carbocycles. The zero-order chi connectivity index (χ0) is 26.0. The maximum atomic E-state index is 12.8. The Morgan fingerprint density at radius 1 is 0.973 bits per heavy atom. The van der Waals surface area contributed by atoms with E-state index in [-0.39, 0.29) is 12.6 Å². The fourth-order valence-corrected chi connectivity index (χ4v) is 4.09. The molecule has 0 spiro atoms. The maximum Gasteiger partial charge on any atom is 0.330 e. The first-order chi connectivity index (χ1) is 18.1. The van der Waals surface area contributed by atoms with Crippen molar-refractivity contribution >= 4 is 17.3 Å². The SMILES string of the molecule is CCc1cc(NC(c2cccnc2)c2cccnc2)c(CC)c(OC(=O)CNc2ccc(C#N)cc2)c1. The Bertz CT molecular complexity index is 1330. The largest absolute Gasteiger partial charge is 0.425 e. The highest BCUT2D eigenvalue weighted by molar-refractivity contribution is 5.78. The summed E-state index contributed by atoms with van der Waals surface area (Å²) in [4.78, 5) is 21.4. The summed E-state index contributed by atoms with van der Waals surface area (Å²) in [5, 5.41) is 15.7. The van der Waals surface area contributed by atoms with Crippen LogP contribution in [0.4, 0.5) is 11.4 Å². The molecule has 0 saturated heterocycles. The number of rotatable bonds is 10. The van der Waals surface area contributed by atoms with Gasteiger partial charge in [-0.05, 0) is 78.1 Å². The fourth-order valence-electron chi connectivity index (χ4n) is 4.09. The predicted octanol–water partition coefficient (Wildman–Crippen LogP) is 5.69. The number of pyridine rings is 2. The zero-order valence-corrected chi connectivity index (χ0v) is 20.9. The van der Waals surface area contributed by atoms with Crippen LogP contribution in [0.25, 0.3) is 0 Å². The van der Waals surface area contributed by atoms with Crippen molar-refractivity contribution in [3.63, 3.8) is 0 Å². The molecule has 0 aliphatic rings. The number of nitriles is 1. The quantitative estimate of drug-likeness (QED) is 0.217. The Labute approximate surface area is 217 Å². The number of nitrogens with one attached hydrogen (secondary N) is 2. The van der Waals surface area contributed by atoms with Crippen LogP contribution in [-0.4, -0.2) is 22.5 Å². The smallest absolute Gasteiger partial charge is 0.330 e. The van der Waals surface area contributed by atoms with Gasteiger partial charge in [-0.25, -0.2) is 4.79 Å². The van der Waals surface area contributed by atoms with Crippen LogP contribution >= 0.6 is 0 Å². The number of hydrogen-bond donors (Lipinski definition) is 2. The normalized spacial score (nSPS) is 10.5. The van der Waals surface area contributed by atoms with Gasteiger partial charge in [-0.3, -0.25) is 9.97 Å². The van der Waals surface area contributed by atoms with Crippen molar-refractivity contribution in [3.8, 4) is 11.8 Å². The lowest BCUT2D eigenvalue weighted by Crippen LogP contribution is -2.21. The molecule has 0 aliphatic carbocycles. The molecule has 4 rings (SSSR count). The number of nitrogens with zero attached hydrogens (tertiary/aromatic N) is 3. The number of anilines is 2. The standard InChI is InChI=1S/C30H29N5O2/c1-3-21-15-27(35-30(23-7-5-13-32-18-23)24-8-6-14-33-19-24)26(4-2)28(16-21)37-29(36)20-34-25-11-9-22(17-31)10-12-25/h5-16,18-19,30,34-35H,3-4,20H2,1-2H3. The van der Waals surface area contributed by atoms with E-state index < -0.39 is 5.97 Å². The molecule has 37 heavy (non-hydrogen) atoms. The van der Waals surface area contributed by atoms with Crippen molar-refractivity contribution in [2.75, 3.05) is 17.2 Å². The minimum Gasteiger partial charge on any atom is -0.425 e. The third kappa shape index (κ3) is 6.50. The maximum absolute atomic E-state index is 12.8. The Morgan fingerprint density at radius 2 is 1.65 bits per heavy atom. The molecular formula is C30H29N5O2. The second kappa shape index (κ2) is 12.3. The lowest BCUT2D eigenvalue weighted by atomic mass is 9.98. The Hall–Kier alpha value is -4.70. The van der Waals surface area contributed by atoms with Crippen molar-refractivity contribution < 1.29 is 9.53 Å². The molecule has 7 nitrogen and oxygen atoms in total. The van der Waals surface area contributed by atoms with Crippen LogP contribution < -0.4 is 15.4 Å². The van der Waals surface area contributed by atoms with Crippen molar-refractivity contribution in [2.45, 2.75) is 32.7 Å². The summed E-state index contributed by atoms with van der Waals surface area (Å²) < 4.78 is 5.86. The third-order valence-electron chi connectivity index (χ3n) is 6.04. The van der Waals surface area contributed by atoms with Gasteiger partial charge in [0.05, 0.1) is 17.7 Å². The molecule has 7 heteroatoms. The molecule has 0 unspecified atom stereocenters. The third-order valence-corrected chi connectivity index (χ3v) is 6.04. The van der Waals surface area contributed by atoms with E-state index in [1.807, 2.05) is 49.6 Å². The first-order valence-electron chi connectivity index (χ1n) is 12.3. The molecule has 0 atom stereocenters. The van der Waals surface area contributed by atoms with Crippen molar-refractivity contribution in [2.24, 2.45) is 0 Å². The highest BCUT2D eigenvalue weighted by atomic mass is 16.5. The van der Waals surface area contributed by atoms with Gasteiger partial charge in [0, 0.05) is 41.7 Å². The lowest BCUT2D eigenvalue weighted by molar-refractivity contribution is -0.132. The fraction of sp³-hybridized carbons (Fsp3) is 0.200. The summed E-state index contributed by atoms with van der Waals surface area (Å²) in [7, 11) is 0. The summed E-state index contributed by atoms with van der Waals surface area (Å²) in [5.74, 6) is 0.154. The Balaban J connectivity index is 1.59. The first-order valence-corrected chi connectivity index (χ1v) is 12.3. The lowest BCUT2D eigenvalue weighted by Gasteiger charge is -2.24. The molecule has 2 heterocycles. The number of esters is 1. The van der Waals surface area contributed by atoms with E-state index in [9.17, 15) is 4.79 Å². The van der Waals surface area contributed by atoms with E-state index in [0.717, 1.165) is 40.0 Å². The van der Waals surface area contributed by atoms with Gasteiger partial charge in [-0.15, -0.1) is 0 Å². The molecular weight excluding hydrogens is 462 g/mol. The van der Waals surface area contributed by atoms with Gasteiger partial charge in [0.1, 0.15) is 12.3 Å². The molecule has 4 aromatic rings. The monoisotopic (exact) mass is 491 g/mol. The van der Waals surface area contributed by atoms with Crippen LogP contribution in [0.3, 0.4) is 0 Å². The number of hydrogen-bond acceptors (Lipinski definition) is 7. The summed E-state index contributed by atoms with van der Waals surface area (Å²) in [5.41, 5.74) is 6.19. The van der Waals surface area contributed by atoms with Gasteiger partial charge in [0.25, 0.3) is 0 Å². The van der Waals surface area contributed by atoms with Gasteiger partial charge in [-0.2, -0.15) is 5.26 Å². The molecule has 0 bridgehead atoms. The molecule has 0 radical (unpaired) electrons.